The maximum absolute atomic E-state index is 11.8. The Morgan fingerprint density at radius 3 is 2.63 bits per heavy atom. The number of hydrogen-bond donors (Lipinski definition) is 1. The Bertz CT molecular complexity index is 415. The number of rotatable bonds is 8. The minimum atomic E-state index is -0.0605. The van der Waals surface area contributed by atoms with Gasteiger partial charge in [0.2, 0.25) is 0 Å². The van der Waals surface area contributed by atoms with Crippen LogP contribution in [0, 0.1) is 0 Å². The summed E-state index contributed by atoms with van der Waals surface area (Å²) in [5.74, 6) is 0.908. The molecule has 1 rings (SSSR count). The molecule has 1 aromatic rings. The van der Waals surface area contributed by atoms with Crippen LogP contribution in [-0.2, 0) is 10.5 Å². The predicted molar refractivity (Wildman–Crippen MR) is 81.6 cm³/mol. The summed E-state index contributed by atoms with van der Waals surface area (Å²) in [4.78, 5) is 11.8. The number of nitrogens with one attached hydrogen (secondary N) is 1. The second-order valence-electron chi connectivity index (χ2n) is 4.40. The summed E-state index contributed by atoms with van der Waals surface area (Å²) in [5, 5.41) is 2.83. The molecule has 104 valence electrons. The van der Waals surface area contributed by atoms with Crippen molar-refractivity contribution in [3.8, 4) is 0 Å². The molecule has 19 heavy (non-hydrogen) atoms. The highest BCUT2D eigenvalue weighted by Crippen LogP contribution is 2.10. The van der Waals surface area contributed by atoms with E-state index in [9.17, 15) is 4.79 Å². The topological polar surface area (TPSA) is 38.3 Å². The van der Waals surface area contributed by atoms with Gasteiger partial charge in [0.05, 0.1) is 13.2 Å². The highest BCUT2D eigenvalue weighted by molar-refractivity contribution is 7.97. The first-order valence-electron chi connectivity index (χ1n) is 6.21. The lowest BCUT2D eigenvalue weighted by molar-refractivity contribution is 0.0927. The maximum Gasteiger partial charge on any atom is 0.251 e. The van der Waals surface area contributed by atoms with Gasteiger partial charge in [-0.2, -0.15) is 11.8 Å². The standard InChI is InChI=1S/C15H21NO2S/c1-12(2)10-18-9-8-16-15(17)14-6-4-13(5-7-14)11-19-3/h4-7H,1,8-11H2,2-3H3,(H,16,17). The smallest absolute Gasteiger partial charge is 0.251 e. The van der Waals surface area contributed by atoms with Crippen molar-refractivity contribution in [1.82, 2.24) is 5.32 Å². The number of thioether (sulfide) groups is 1. The van der Waals surface area contributed by atoms with Gasteiger partial charge in [0, 0.05) is 17.9 Å². The minimum Gasteiger partial charge on any atom is -0.375 e. The zero-order chi connectivity index (χ0) is 14.1. The molecular formula is C15H21NO2S. The van der Waals surface area contributed by atoms with E-state index >= 15 is 0 Å². The number of benzene rings is 1. The van der Waals surface area contributed by atoms with E-state index in [1.807, 2.05) is 31.2 Å². The van der Waals surface area contributed by atoms with Crippen molar-refractivity contribution < 1.29 is 9.53 Å². The molecule has 0 heterocycles. The van der Waals surface area contributed by atoms with Gasteiger partial charge >= 0.3 is 0 Å². The van der Waals surface area contributed by atoms with Gasteiger partial charge in [-0.3, -0.25) is 4.79 Å². The third-order valence-corrected chi connectivity index (χ3v) is 3.03. The van der Waals surface area contributed by atoms with E-state index in [4.69, 9.17) is 4.74 Å². The van der Waals surface area contributed by atoms with Gasteiger partial charge < -0.3 is 10.1 Å². The van der Waals surface area contributed by atoms with Crippen molar-refractivity contribution in [2.75, 3.05) is 26.0 Å². The molecule has 0 saturated heterocycles. The van der Waals surface area contributed by atoms with Crippen LogP contribution in [0.15, 0.2) is 36.4 Å². The molecule has 0 aliphatic rings. The second kappa shape index (κ2) is 8.77. The van der Waals surface area contributed by atoms with Crippen LogP contribution in [-0.4, -0.2) is 31.9 Å². The van der Waals surface area contributed by atoms with E-state index in [0.29, 0.717) is 25.3 Å². The number of ether oxygens (including phenoxy) is 1. The number of carbonyl (C=O) groups is 1. The van der Waals surface area contributed by atoms with Crippen LogP contribution in [0.25, 0.3) is 0 Å². The van der Waals surface area contributed by atoms with Gasteiger partial charge in [0.15, 0.2) is 0 Å². The number of carbonyl (C=O) groups excluding carboxylic acids is 1. The predicted octanol–water partition coefficient (Wildman–Crippen LogP) is 2.87. The summed E-state index contributed by atoms with van der Waals surface area (Å²) in [6, 6.07) is 7.69. The second-order valence-corrected chi connectivity index (χ2v) is 5.26. The molecule has 0 unspecified atom stereocenters. The first-order chi connectivity index (χ1) is 9.13. The molecule has 1 aromatic carbocycles. The molecule has 0 fully saturated rings. The highest BCUT2D eigenvalue weighted by atomic mass is 32.2. The van der Waals surface area contributed by atoms with Gasteiger partial charge in [0.25, 0.3) is 5.91 Å². The maximum atomic E-state index is 11.8. The normalized spacial score (nSPS) is 10.2. The lowest BCUT2D eigenvalue weighted by Gasteiger charge is -2.07. The highest BCUT2D eigenvalue weighted by Gasteiger charge is 2.04. The third-order valence-electron chi connectivity index (χ3n) is 2.41. The van der Waals surface area contributed by atoms with Gasteiger partial charge in [0.1, 0.15) is 0 Å². The molecule has 0 spiro atoms. The fourth-order valence-electron chi connectivity index (χ4n) is 1.50. The Balaban J connectivity index is 2.30. The van der Waals surface area contributed by atoms with Gasteiger partial charge in [-0.25, -0.2) is 0 Å². The summed E-state index contributed by atoms with van der Waals surface area (Å²) < 4.78 is 5.32. The summed E-state index contributed by atoms with van der Waals surface area (Å²) in [6.07, 6.45) is 2.06. The van der Waals surface area contributed by atoms with Crippen molar-refractivity contribution in [1.29, 1.82) is 0 Å². The molecule has 4 heteroatoms. The van der Waals surface area contributed by atoms with E-state index in [0.717, 1.165) is 11.3 Å². The average molecular weight is 279 g/mol. The molecule has 0 atom stereocenters. The van der Waals surface area contributed by atoms with E-state index in [-0.39, 0.29) is 5.91 Å². The lowest BCUT2D eigenvalue weighted by Crippen LogP contribution is -2.27. The Hall–Kier alpha value is -1.26. The molecule has 0 radical (unpaired) electrons. The zero-order valence-corrected chi connectivity index (χ0v) is 12.4. The fraction of sp³-hybridized carbons (Fsp3) is 0.400. The van der Waals surface area contributed by atoms with Crippen LogP contribution >= 0.6 is 11.8 Å². The van der Waals surface area contributed by atoms with Crippen molar-refractivity contribution in [3.63, 3.8) is 0 Å². The van der Waals surface area contributed by atoms with Crippen LogP contribution in [0.1, 0.15) is 22.8 Å². The van der Waals surface area contributed by atoms with Crippen LogP contribution in [0.5, 0.6) is 0 Å². The quantitative estimate of drug-likeness (QED) is 0.587. The van der Waals surface area contributed by atoms with Crippen molar-refractivity contribution in [2.24, 2.45) is 0 Å². The Morgan fingerprint density at radius 1 is 1.37 bits per heavy atom. The van der Waals surface area contributed by atoms with Gasteiger partial charge in [-0.15, -0.1) is 0 Å². The number of hydrogen-bond acceptors (Lipinski definition) is 3. The van der Waals surface area contributed by atoms with Crippen molar-refractivity contribution in [3.05, 3.63) is 47.5 Å². The molecule has 3 nitrogen and oxygen atoms in total. The van der Waals surface area contributed by atoms with E-state index in [2.05, 4.69) is 18.2 Å². The van der Waals surface area contributed by atoms with Gasteiger partial charge in [-0.1, -0.05) is 24.3 Å². The van der Waals surface area contributed by atoms with Crippen molar-refractivity contribution >= 4 is 17.7 Å². The van der Waals surface area contributed by atoms with Crippen molar-refractivity contribution in [2.45, 2.75) is 12.7 Å². The Kier molecular flexibility index (Phi) is 7.30. The van der Waals surface area contributed by atoms with Crippen LogP contribution in [0.2, 0.25) is 0 Å². The van der Waals surface area contributed by atoms with E-state index in [1.54, 1.807) is 11.8 Å². The molecule has 0 saturated carbocycles. The Morgan fingerprint density at radius 2 is 2.05 bits per heavy atom. The minimum absolute atomic E-state index is 0.0605. The fourth-order valence-corrected chi connectivity index (χ4v) is 2.03. The molecule has 0 aliphatic heterocycles. The molecule has 0 bridgehead atoms. The average Bonchev–Trinajstić information content (AvgIpc) is 2.39. The lowest BCUT2D eigenvalue weighted by atomic mass is 10.1. The van der Waals surface area contributed by atoms with E-state index in [1.165, 1.54) is 5.56 Å². The summed E-state index contributed by atoms with van der Waals surface area (Å²) in [5.41, 5.74) is 2.90. The largest absolute Gasteiger partial charge is 0.375 e. The van der Waals surface area contributed by atoms with Crippen LogP contribution in [0.4, 0.5) is 0 Å². The molecule has 1 N–H and O–H groups in total. The Labute approximate surface area is 119 Å². The third kappa shape index (κ3) is 6.45. The molecule has 0 aromatic heterocycles. The molecule has 1 amide bonds. The van der Waals surface area contributed by atoms with Crippen LogP contribution < -0.4 is 5.32 Å². The molecule has 0 aliphatic carbocycles. The zero-order valence-electron chi connectivity index (χ0n) is 11.6. The van der Waals surface area contributed by atoms with E-state index < -0.39 is 0 Å². The number of amides is 1. The SMILES string of the molecule is C=C(C)COCCNC(=O)c1ccc(CSC)cc1. The monoisotopic (exact) mass is 279 g/mol. The first kappa shape index (κ1) is 15.8. The summed E-state index contributed by atoms with van der Waals surface area (Å²) >= 11 is 1.77. The van der Waals surface area contributed by atoms with Gasteiger partial charge in [-0.05, 0) is 30.9 Å². The molecular weight excluding hydrogens is 258 g/mol. The summed E-state index contributed by atoms with van der Waals surface area (Å²) in [6.45, 7) is 7.21. The summed E-state index contributed by atoms with van der Waals surface area (Å²) in [7, 11) is 0. The first-order valence-corrected chi connectivity index (χ1v) is 7.61. The van der Waals surface area contributed by atoms with Crippen LogP contribution in [0.3, 0.4) is 0 Å².